The normalized spacial score (nSPS) is 17.4. The van der Waals surface area contributed by atoms with E-state index in [4.69, 9.17) is 17.0 Å². The molecule has 0 saturated carbocycles. The number of anilines is 1. The highest BCUT2D eigenvalue weighted by Crippen LogP contribution is 2.34. The Kier molecular flexibility index (Phi) is 5.78. The van der Waals surface area contributed by atoms with Crippen LogP contribution in [0.25, 0.3) is 0 Å². The molecule has 11 heteroatoms. The SMILES string of the molecule is O=[N+]([O-])c1cc(C(F)(F)F)ccc1NNC(=S)NCC1CCCO1. The van der Waals surface area contributed by atoms with Gasteiger partial charge < -0.3 is 10.1 Å². The second-order valence-corrected chi connectivity index (χ2v) is 5.49. The first kappa shape index (κ1) is 18.2. The Morgan fingerprint density at radius 2 is 2.21 bits per heavy atom. The van der Waals surface area contributed by atoms with Crippen molar-refractivity contribution in [1.82, 2.24) is 10.7 Å². The van der Waals surface area contributed by atoms with Gasteiger partial charge in [-0.15, -0.1) is 0 Å². The molecular weight excluding hydrogens is 349 g/mol. The quantitative estimate of drug-likeness (QED) is 0.420. The third-order valence-corrected chi connectivity index (χ3v) is 3.59. The zero-order chi connectivity index (χ0) is 17.7. The molecule has 1 unspecified atom stereocenters. The second-order valence-electron chi connectivity index (χ2n) is 5.08. The van der Waals surface area contributed by atoms with Crippen LogP contribution in [-0.4, -0.2) is 29.3 Å². The summed E-state index contributed by atoms with van der Waals surface area (Å²) in [5, 5.41) is 14.0. The van der Waals surface area contributed by atoms with Gasteiger partial charge in [0.15, 0.2) is 5.11 Å². The Balaban J connectivity index is 1.95. The molecule has 24 heavy (non-hydrogen) atoms. The summed E-state index contributed by atoms with van der Waals surface area (Å²) in [6.07, 6.45) is -2.73. The lowest BCUT2D eigenvalue weighted by atomic mass is 10.1. The second kappa shape index (κ2) is 7.62. The number of nitro benzene ring substituents is 1. The Bertz CT molecular complexity index is 621. The van der Waals surface area contributed by atoms with Crippen molar-refractivity contribution in [2.45, 2.75) is 25.1 Å². The van der Waals surface area contributed by atoms with E-state index < -0.39 is 22.4 Å². The molecule has 1 aromatic carbocycles. The largest absolute Gasteiger partial charge is 0.416 e. The van der Waals surface area contributed by atoms with Crippen molar-refractivity contribution < 1.29 is 22.8 Å². The summed E-state index contributed by atoms with van der Waals surface area (Å²) in [5.74, 6) is 0. The van der Waals surface area contributed by atoms with Gasteiger partial charge in [-0.3, -0.25) is 21.0 Å². The number of rotatable bonds is 5. The molecule has 0 bridgehead atoms. The summed E-state index contributed by atoms with van der Waals surface area (Å²) in [6.45, 7) is 1.17. The van der Waals surface area contributed by atoms with E-state index in [2.05, 4.69) is 16.2 Å². The van der Waals surface area contributed by atoms with Crippen LogP contribution in [0.4, 0.5) is 24.5 Å². The fourth-order valence-electron chi connectivity index (χ4n) is 2.14. The molecule has 0 aliphatic carbocycles. The lowest BCUT2D eigenvalue weighted by molar-refractivity contribution is -0.384. The Hall–Kier alpha value is -2.14. The van der Waals surface area contributed by atoms with Gasteiger partial charge >= 0.3 is 6.18 Å². The minimum absolute atomic E-state index is 0.0464. The van der Waals surface area contributed by atoms with Crippen molar-refractivity contribution in [1.29, 1.82) is 0 Å². The first-order chi connectivity index (χ1) is 11.3. The lowest BCUT2D eigenvalue weighted by Gasteiger charge is -2.15. The van der Waals surface area contributed by atoms with E-state index in [0.29, 0.717) is 19.2 Å². The van der Waals surface area contributed by atoms with Crippen molar-refractivity contribution in [2.75, 3.05) is 18.6 Å². The van der Waals surface area contributed by atoms with Gasteiger partial charge in [-0.1, -0.05) is 0 Å². The Morgan fingerprint density at radius 3 is 2.79 bits per heavy atom. The van der Waals surface area contributed by atoms with Crippen LogP contribution < -0.4 is 16.2 Å². The Morgan fingerprint density at radius 1 is 1.46 bits per heavy atom. The van der Waals surface area contributed by atoms with Crippen LogP contribution in [0, 0.1) is 10.1 Å². The highest BCUT2D eigenvalue weighted by atomic mass is 32.1. The van der Waals surface area contributed by atoms with Crippen molar-refractivity contribution in [3.63, 3.8) is 0 Å². The average molecular weight is 364 g/mol. The summed E-state index contributed by atoms with van der Waals surface area (Å²) in [5.41, 5.74) is 3.01. The van der Waals surface area contributed by atoms with Gasteiger partial charge in [-0.25, -0.2) is 0 Å². The number of alkyl halides is 3. The van der Waals surface area contributed by atoms with E-state index in [-0.39, 0.29) is 16.9 Å². The van der Waals surface area contributed by atoms with Crippen LogP contribution in [0.3, 0.4) is 0 Å². The first-order valence-electron chi connectivity index (χ1n) is 7.04. The highest BCUT2D eigenvalue weighted by molar-refractivity contribution is 7.80. The van der Waals surface area contributed by atoms with E-state index in [0.717, 1.165) is 25.0 Å². The molecule has 2 rings (SSSR count). The summed E-state index contributed by atoms with van der Waals surface area (Å²) in [7, 11) is 0. The van der Waals surface area contributed by atoms with E-state index in [1.165, 1.54) is 0 Å². The molecule has 1 aliphatic heterocycles. The molecule has 0 spiro atoms. The molecule has 0 amide bonds. The number of halogens is 3. The fraction of sp³-hybridized carbons (Fsp3) is 0.462. The average Bonchev–Trinajstić information content (AvgIpc) is 3.03. The molecule has 1 atom stereocenters. The molecule has 1 saturated heterocycles. The van der Waals surface area contributed by atoms with Crippen LogP contribution in [0.5, 0.6) is 0 Å². The van der Waals surface area contributed by atoms with Crippen LogP contribution >= 0.6 is 12.2 Å². The van der Waals surface area contributed by atoms with Crippen LogP contribution in [0.1, 0.15) is 18.4 Å². The van der Waals surface area contributed by atoms with E-state index in [1.54, 1.807) is 0 Å². The van der Waals surface area contributed by atoms with Crippen LogP contribution in [-0.2, 0) is 10.9 Å². The van der Waals surface area contributed by atoms with Gasteiger partial charge in [0.1, 0.15) is 5.69 Å². The zero-order valence-electron chi connectivity index (χ0n) is 12.4. The van der Waals surface area contributed by atoms with Gasteiger partial charge in [-0.05, 0) is 37.2 Å². The monoisotopic (exact) mass is 364 g/mol. The Labute approximate surface area is 140 Å². The molecule has 1 heterocycles. The maximum absolute atomic E-state index is 12.6. The number of hydrazine groups is 1. The van der Waals surface area contributed by atoms with Crippen LogP contribution in [0.15, 0.2) is 18.2 Å². The summed E-state index contributed by atoms with van der Waals surface area (Å²) in [4.78, 5) is 10.1. The lowest BCUT2D eigenvalue weighted by Crippen LogP contribution is -2.42. The number of nitro groups is 1. The molecule has 0 radical (unpaired) electrons. The number of hydrogen-bond acceptors (Lipinski definition) is 5. The molecule has 7 nitrogen and oxygen atoms in total. The number of benzene rings is 1. The number of thiocarbonyl (C=S) groups is 1. The smallest absolute Gasteiger partial charge is 0.376 e. The highest BCUT2D eigenvalue weighted by Gasteiger charge is 2.33. The van der Waals surface area contributed by atoms with Gasteiger partial charge in [0.2, 0.25) is 0 Å². The summed E-state index contributed by atoms with van der Waals surface area (Å²) < 4.78 is 43.3. The van der Waals surface area contributed by atoms with Gasteiger partial charge in [0.25, 0.3) is 5.69 Å². The third-order valence-electron chi connectivity index (χ3n) is 3.35. The van der Waals surface area contributed by atoms with E-state index in [9.17, 15) is 23.3 Å². The van der Waals surface area contributed by atoms with Gasteiger partial charge in [0.05, 0.1) is 16.6 Å². The molecular formula is C13H15F3N4O3S. The van der Waals surface area contributed by atoms with Crippen molar-refractivity contribution in [3.05, 3.63) is 33.9 Å². The molecule has 132 valence electrons. The minimum atomic E-state index is -4.66. The van der Waals surface area contributed by atoms with Gasteiger partial charge in [-0.2, -0.15) is 13.2 Å². The van der Waals surface area contributed by atoms with E-state index in [1.807, 2.05) is 0 Å². The van der Waals surface area contributed by atoms with Crippen molar-refractivity contribution in [2.24, 2.45) is 0 Å². The zero-order valence-corrected chi connectivity index (χ0v) is 13.2. The number of nitrogens with zero attached hydrogens (tertiary/aromatic N) is 1. The molecule has 3 N–H and O–H groups in total. The number of hydrogen-bond donors (Lipinski definition) is 3. The van der Waals surface area contributed by atoms with Crippen molar-refractivity contribution >= 4 is 28.7 Å². The predicted molar refractivity (Wildman–Crippen MR) is 84.4 cm³/mol. The summed E-state index contributed by atoms with van der Waals surface area (Å²) in [6, 6.07) is 2.18. The maximum Gasteiger partial charge on any atom is 0.416 e. The first-order valence-corrected chi connectivity index (χ1v) is 7.45. The van der Waals surface area contributed by atoms with Gasteiger partial charge in [0, 0.05) is 19.2 Å². The molecule has 0 aromatic heterocycles. The topological polar surface area (TPSA) is 88.5 Å². The standard InChI is InChI=1S/C13H15F3N4O3S/c14-13(15,16)8-3-4-10(11(6-8)20(21)22)18-19-12(24)17-7-9-2-1-5-23-9/h3-4,6,9,18H,1-2,5,7H2,(H2,17,19,24). The van der Waals surface area contributed by atoms with Crippen molar-refractivity contribution in [3.8, 4) is 0 Å². The van der Waals surface area contributed by atoms with Crippen LogP contribution in [0.2, 0.25) is 0 Å². The predicted octanol–water partition coefficient (Wildman–Crippen LogP) is 2.58. The molecule has 1 aliphatic rings. The number of ether oxygens (including phenoxy) is 1. The number of nitrogens with one attached hydrogen (secondary N) is 3. The maximum atomic E-state index is 12.6. The minimum Gasteiger partial charge on any atom is -0.376 e. The summed E-state index contributed by atoms with van der Waals surface area (Å²) >= 11 is 4.99. The van der Waals surface area contributed by atoms with E-state index >= 15 is 0 Å². The molecule has 1 aromatic rings. The fourth-order valence-corrected chi connectivity index (χ4v) is 2.28. The molecule has 1 fully saturated rings. The third kappa shape index (κ3) is 4.93.